The number of hydrogen-bond acceptors (Lipinski definition) is 6. The predicted molar refractivity (Wildman–Crippen MR) is 113 cm³/mol. The van der Waals surface area contributed by atoms with Gasteiger partial charge in [-0.2, -0.15) is 0 Å². The molecule has 0 unspecified atom stereocenters. The summed E-state index contributed by atoms with van der Waals surface area (Å²) in [6.07, 6.45) is 4.57. The van der Waals surface area contributed by atoms with Crippen molar-refractivity contribution in [2.75, 3.05) is 26.7 Å². The average molecular weight is 413 g/mol. The number of para-hydroxylation sites is 1. The number of benzene rings is 1. The Morgan fingerprint density at radius 3 is 2.87 bits per heavy atom. The summed E-state index contributed by atoms with van der Waals surface area (Å²) in [5, 5.41) is 12.2. The second-order valence-corrected chi connectivity index (χ2v) is 8.71. The average Bonchev–Trinajstić information content (AvgIpc) is 3.35. The van der Waals surface area contributed by atoms with Gasteiger partial charge < -0.3 is 9.64 Å². The molecule has 0 N–H and O–H groups in total. The maximum absolute atomic E-state index is 12.6. The van der Waals surface area contributed by atoms with Crippen molar-refractivity contribution in [2.45, 2.75) is 58.2 Å². The van der Waals surface area contributed by atoms with Crippen molar-refractivity contribution in [1.82, 2.24) is 30.0 Å². The maximum Gasteiger partial charge on any atom is 0.222 e. The zero-order chi connectivity index (χ0) is 20.9. The van der Waals surface area contributed by atoms with Gasteiger partial charge in [0.2, 0.25) is 5.91 Å². The molecule has 0 aliphatic carbocycles. The third-order valence-corrected chi connectivity index (χ3v) is 6.22. The Balaban J connectivity index is 1.19. The zero-order valence-corrected chi connectivity index (χ0v) is 18.0. The number of piperidine rings is 1. The molecule has 1 aromatic heterocycles. The highest BCUT2D eigenvalue weighted by molar-refractivity contribution is 5.75. The Hall–Kier alpha value is -2.48. The molecule has 0 saturated carbocycles. The fraction of sp³-hybridized carbons (Fsp3) is 0.636. The van der Waals surface area contributed by atoms with Crippen LogP contribution in [0.15, 0.2) is 24.3 Å². The van der Waals surface area contributed by atoms with E-state index in [-0.39, 0.29) is 12.0 Å². The van der Waals surface area contributed by atoms with Gasteiger partial charge >= 0.3 is 0 Å². The van der Waals surface area contributed by atoms with Gasteiger partial charge in [0, 0.05) is 26.4 Å². The third-order valence-electron chi connectivity index (χ3n) is 6.22. The van der Waals surface area contributed by atoms with Gasteiger partial charge in [-0.05, 0) is 60.3 Å². The Morgan fingerprint density at radius 2 is 2.07 bits per heavy atom. The Bertz CT molecular complexity index is 821. The molecule has 1 atom stereocenters. The second-order valence-electron chi connectivity index (χ2n) is 8.71. The van der Waals surface area contributed by atoms with Crippen molar-refractivity contribution in [3.8, 4) is 5.75 Å². The van der Waals surface area contributed by atoms with Crippen LogP contribution >= 0.6 is 0 Å². The van der Waals surface area contributed by atoms with Gasteiger partial charge in [-0.25, -0.2) is 4.68 Å². The van der Waals surface area contributed by atoms with Crippen molar-refractivity contribution in [2.24, 2.45) is 5.92 Å². The largest absolute Gasteiger partial charge is 0.488 e. The standard InChI is InChI=1S/C22H32N6O2/c1-17-9-12-27(13-10-17)16-21-23-24-25-28(21)11-5-8-22(29)26(2)15-19-14-18-6-3-4-7-20(18)30-19/h3-4,6-7,17,19H,5,8-16H2,1-2H3/t19-/m0/s1. The molecule has 8 heteroatoms. The lowest BCUT2D eigenvalue weighted by molar-refractivity contribution is -0.131. The van der Waals surface area contributed by atoms with Gasteiger partial charge in [0.15, 0.2) is 5.82 Å². The first-order valence-corrected chi connectivity index (χ1v) is 11.0. The smallest absolute Gasteiger partial charge is 0.222 e. The van der Waals surface area contributed by atoms with Crippen LogP contribution in [0, 0.1) is 5.92 Å². The highest BCUT2D eigenvalue weighted by Crippen LogP contribution is 2.28. The molecule has 2 aliphatic heterocycles. The van der Waals surface area contributed by atoms with E-state index in [2.05, 4.69) is 33.4 Å². The number of carbonyl (C=O) groups is 1. The molecule has 30 heavy (non-hydrogen) atoms. The minimum Gasteiger partial charge on any atom is -0.488 e. The van der Waals surface area contributed by atoms with E-state index in [0.717, 1.165) is 50.0 Å². The predicted octanol–water partition coefficient (Wildman–Crippen LogP) is 2.15. The lowest BCUT2D eigenvalue weighted by Gasteiger charge is -2.29. The van der Waals surface area contributed by atoms with Crippen LogP contribution in [0.5, 0.6) is 5.75 Å². The molecule has 3 heterocycles. The van der Waals surface area contributed by atoms with Crippen LogP contribution in [0.3, 0.4) is 0 Å². The maximum atomic E-state index is 12.6. The van der Waals surface area contributed by atoms with E-state index in [9.17, 15) is 4.79 Å². The number of carbonyl (C=O) groups excluding carboxylic acids is 1. The molecule has 2 aliphatic rings. The summed E-state index contributed by atoms with van der Waals surface area (Å²) in [6, 6.07) is 8.09. The van der Waals surface area contributed by atoms with Crippen LogP contribution in [0.4, 0.5) is 0 Å². The molecule has 162 valence electrons. The first-order valence-electron chi connectivity index (χ1n) is 11.0. The Morgan fingerprint density at radius 1 is 1.27 bits per heavy atom. The van der Waals surface area contributed by atoms with Gasteiger partial charge in [-0.1, -0.05) is 25.1 Å². The van der Waals surface area contributed by atoms with Crippen molar-refractivity contribution in [3.05, 3.63) is 35.7 Å². The number of tetrazole rings is 1. The van der Waals surface area contributed by atoms with Crippen LogP contribution in [0.1, 0.15) is 44.0 Å². The van der Waals surface area contributed by atoms with Crippen molar-refractivity contribution >= 4 is 5.91 Å². The summed E-state index contributed by atoms with van der Waals surface area (Å²) in [4.78, 5) is 16.8. The number of likely N-dealkylation sites (N-methyl/N-ethyl adjacent to an activating group) is 1. The lowest BCUT2D eigenvalue weighted by atomic mass is 9.99. The minimum atomic E-state index is 0.0368. The topological polar surface area (TPSA) is 76.4 Å². The van der Waals surface area contributed by atoms with E-state index in [1.165, 1.54) is 18.4 Å². The van der Waals surface area contributed by atoms with Crippen LogP contribution in [0.25, 0.3) is 0 Å². The number of aryl methyl sites for hydroxylation is 1. The molecule has 1 saturated heterocycles. The Kier molecular flexibility index (Phi) is 6.62. The fourth-order valence-corrected chi connectivity index (χ4v) is 4.26. The first-order chi connectivity index (χ1) is 14.6. The van der Waals surface area contributed by atoms with E-state index in [0.29, 0.717) is 19.5 Å². The summed E-state index contributed by atoms with van der Waals surface area (Å²) in [6.45, 7) is 6.57. The number of aromatic nitrogens is 4. The van der Waals surface area contributed by atoms with Crippen molar-refractivity contribution in [3.63, 3.8) is 0 Å². The van der Waals surface area contributed by atoms with Gasteiger partial charge in [0.1, 0.15) is 11.9 Å². The van der Waals surface area contributed by atoms with E-state index in [4.69, 9.17) is 4.74 Å². The fourth-order valence-electron chi connectivity index (χ4n) is 4.26. The number of likely N-dealkylation sites (tertiary alicyclic amines) is 1. The Labute approximate surface area is 178 Å². The normalized spacial score (nSPS) is 19.5. The molecule has 0 bridgehead atoms. The minimum absolute atomic E-state index is 0.0368. The summed E-state index contributed by atoms with van der Waals surface area (Å²) >= 11 is 0. The molecule has 1 fully saturated rings. The number of fused-ring (bicyclic) bond motifs is 1. The molecular formula is C22H32N6O2. The summed E-state index contributed by atoms with van der Waals surface area (Å²) in [5.41, 5.74) is 1.22. The molecule has 8 nitrogen and oxygen atoms in total. The second kappa shape index (κ2) is 9.55. The van der Waals surface area contributed by atoms with E-state index < -0.39 is 0 Å². The van der Waals surface area contributed by atoms with E-state index in [1.807, 2.05) is 29.9 Å². The first kappa shape index (κ1) is 20.8. The van der Waals surface area contributed by atoms with Gasteiger partial charge in [-0.15, -0.1) is 5.10 Å². The zero-order valence-electron chi connectivity index (χ0n) is 18.0. The highest BCUT2D eigenvalue weighted by Gasteiger charge is 2.25. The summed E-state index contributed by atoms with van der Waals surface area (Å²) in [7, 11) is 1.86. The molecule has 1 aromatic carbocycles. The molecule has 0 spiro atoms. The van der Waals surface area contributed by atoms with Crippen LogP contribution in [-0.4, -0.2) is 68.7 Å². The highest BCUT2D eigenvalue weighted by atomic mass is 16.5. The summed E-state index contributed by atoms with van der Waals surface area (Å²) in [5.74, 6) is 2.78. The molecule has 2 aromatic rings. The van der Waals surface area contributed by atoms with Crippen LogP contribution in [0.2, 0.25) is 0 Å². The van der Waals surface area contributed by atoms with Gasteiger partial charge in [0.25, 0.3) is 0 Å². The molecule has 1 amide bonds. The lowest BCUT2D eigenvalue weighted by Crippen LogP contribution is -2.36. The molecule has 4 rings (SSSR count). The van der Waals surface area contributed by atoms with Gasteiger partial charge in [-0.3, -0.25) is 9.69 Å². The monoisotopic (exact) mass is 412 g/mol. The summed E-state index contributed by atoms with van der Waals surface area (Å²) < 4.78 is 7.81. The van der Waals surface area contributed by atoms with Crippen LogP contribution in [-0.2, 0) is 24.3 Å². The van der Waals surface area contributed by atoms with Gasteiger partial charge in [0.05, 0.1) is 13.1 Å². The third kappa shape index (κ3) is 5.16. The van der Waals surface area contributed by atoms with Crippen LogP contribution < -0.4 is 4.74 Å². The quantitative estimate of drug-likeness (QED) is 0.661. The number of rotatable bonds is 8. The number of nitrogens with zero attached hydrogens (tertiary/aromatic N) is 6. The molecular weight excluding hydrogens is 380 g/mol. The SMILES string of the molecule is CC1CCN(Cc2nnnn2CCCC(=O)N(C)C[C@@H]2Cc3ccccc3O2)CC1. The van der Waals surface area contributed by atoms with Crippen molar-refractivity contribution < 1.29 is 9.53 Å². The number of hydrogen-bond donors (Lipinski definition) is 0. The van der Waals surface area contributed by atoms with E-state index in [1.54, 1.807) is 4.90 Å². The molecule has 0 radical (unpaired) electrons. The number of ether oxygens (including phenoxy) is 1. The van der Waals surface area contributed by atoms with E-state index >= 15 is 0 Å². The number of amides is 1. The van der Waals surface area contributed by atoms with Crippen molar-refractivity contribution in [1.29, 1.82) is 0 Å².